The van der Waals surface area contributed by atoms with Crippen molar-refractivity contribution >= 4 is 28.2 Å². The van der Waals surface area contributed by atoms with Gasteiger partial charge in [0.25, 0.3) is 0 Å². The van der Waals surface area contributed by atoms with E-state index in [1.807, 2.05) is 19.1 Å². The van der Waals surface area contributed by atoms with Crippen LogP contribution in [0.25, 0.3) is 0 Å². The Hall–Kier alpha value is -1.51. The molecule has 1 aromatic carbocycles. The first-order chi connectivity index (χ1) is 11.3. The van der Waals surface area contributed by atoms with Crippen LogP contribution >= 0.6 is 12.4 Å². The summed E-state index contributed by atoms with van der Waals surface area (Å²) in [5.74, 6) is 0.869. The van der Waals surface area contributed by atoms with Crippen molar-refractivity contribution in [3.8, 4) is 11.5 Å². The van der Waals surface area contributed by atoms with Gasteiger partial charge in [0, 0.05) is 6.26 Å². The van der Waals surface area contributed by atoms with Gasteiger partial charge in [0.2, 0.25) is 12.7 Å². The number of piperidine rings is 1. The van der Waals surface area contributed by atoms with Gasteiger partial charge in [0.05, 0.1) is 6.04 Å². The SMILES string of the molecule is CC(NC(=O)C1(S(C)(=O)=O)CCNCC1)c1ccc2c(c1)OCO2.Cl. The highest BCUT2D eigenvalue weighted by Gasteiger charge is 2.48. The van der Waals surface area contributed by atoms with E-state index < -0.39 is 20.5 Å². The summed E-state index contributed by atoms with van der Waals surface area (Å²) >= 11 is 0. The smallest absolute Gasteiger partial charge is 0.242 e. The molecule has 2 heterocycles. The van der Waals surface area contributed by atoms with Crippen LogP contribution in [0.1, 0.15) is 31.4 Å². The van der Waals surface area contributed by atoms with Gasteiger partial charge in [-0.1, -0.05) is 6.07 Å². The monoisotopic (exact) mass is 390 g/mol. The topological polar surface area (TPSA) is 93.7 Å². The van der Waals surface area contributed by atoms with E-state index in [1.165, 1.54) is 0 Å². The molecular formula is C16H23ClN2O5S. The van der Waals surface area contributed by atoms with Gasteiger partial charge < -0.3 is 20.1 Å². The van der Waals surface area contributed by atoms with Crippen LogP contribution in [0.3, 0.4) is 0 Å². The number of rotatable bonds is 4. The van der Waals surface area contributed by atoms with Crippen molar-refractivity contribution in [2.45, 2.75) is 30.6 Å². The van der Waals surface area contributed by atoms with Crippen molar-refractivity contribution in [2.24, 2.45) is 0 Å². The van der Waals surface area contributed by atoms with Crippen LogP contribution in [-0.2, 0) is 14.6 Å². The molecule has 0 aliphatic carbocycles. The molecule has 1 unspecified atom stereocenters. The first-order valence-corrected chi connectivity index (χ1v) is 9.83. The molecule has 0 bridgehead atoms. The molecule has 0 spiro atoms. The number of halogens is 1. The van der Waals surface area contributed by atoms with E-state index in [-0.39, 0.29) is 38.1 Å². The van der Waals surface area contributed by atoms with Crippen LogP contribution in [0.15, 0.2) is 18.2 Å². The summed E-state index contributed by atoms with van der Waals surface area (Å²) < 4.78 is 33.9. The molecule has 2 aliphatic rings. The summed E-state index contributed by atoms with van der Waals surface area (Å²) in [7, 11) is -3.52. The van der Waals surface area contributed by atoms with Crippen LogP contribution in [0.4, 0.5) is 0 Å². The van der Waals surface area contributed by atoms with Gasteiger partial charge in [-0.25, -0.2) is 8.42 Å². The summed E-state index contributed by atoms with van der Waals surface area (Å²) in [6.45, 7) is 3.04. The minimum atomic E-state index is -3.52. The predicted octanol–water partition coefficient (Wildman–Crippen LogP) is 1.18. The van der Waals surface area contributed by atoms with Crippen LogP contribution in [0, 0.1) is 0 Å². The van der Waals surface area contributed by atoms with E-state index in [9.17, 15) is 13.2 Å². The molecule has 7 nitrogen and oxygen atoms in total. The van der Waals surface area contributed by atoms with Crippen molar-refractivity contribution in [1.29, 1.82) is 0 Å². The number of sulfone groups is 1. The Morgan fingerprint density at radius 2 is 1.88 bits per heavy atom. The number of amides is 1. The molecule has 0 saturated carbocycles. The molecule has 9 heteroatoms. The fourth-order valence-electron chi connectivity index (χ4n) is 3.19. The third-order valence-corrected chi connectivity index (χ3v) is 6.79. The third-order valence-electron chi connectivity index (χ3n) is 4.78. The summed E-state index contributed by atoms with van der Waals surface area (Å²) in [6, 6.07) is 5.11. The van der Waals surface area contributed by atoms with Crippen LogP contribution in [0.5, 0.6) is 11.5 Å². The average Bonchev–Trinajstić information content (AvgIpc) is 3.01. The largest absolute Gasteiger partial charge is 0.454 e. The van der Waals surface area contributed by atoms with Crippen LogP contribution in [0.2, 0.25) is 0 Å². The Morgan fingerprint density at radius 3 is 2.52 bits per heavy atom. The second-order valence-electron chi connectivity index (χ2n) is 6.32. The molecule has 2 aliphatic heterocycles. The lowest BCUT2D eigenvalue weighted by Gasteiger charge is -2.35. The summed E-state index contributed by atoms with van der Waals surface area (Å²) in [5, 5.41) is 5.97. The molecule has 3 rings (SSSR count). The van der Waals surface area contributed by atoms with Crippen LogP contribution in [-0.4, -0.2) is 45.2 Å². The van der Waals surface area contributed by atoms with E-state index in [2.05, 4.69) is 10.6 Å². The number of hydrogen-bond acceptors (Lipinski definition) is 6. The highest BCUT2D eigenvalue weighted by atomic mass is 35.5. The molecule has 1 amide bonds. The zero-order valence-corrected chi connectivity index (χ0v) is 15.8. The second-order valence-corrected chi connectivity index (χ2v) is 8.65. The van der Waals surface area contributed by atoms with Gasteiger partial charge in [-0.15, -0.1) is 12.4 Å². The van der Waals surface area contributed by atoms with Gasteiger partial charge in [-0.2, -0.15) is 0 Å². The minimum Gasteiger partial charge on any atom is -0.454 e. The lowest BCUT2D eigenvalue weighted by molar-refractivity contribution is -0.125. The van der Waals surface area contributed by atoms with Gasteiger partial charge >= 0.3 is 0 Å². The number of carbonyl (C=O) groups is 1. The molecule has 1 fully saturated rings. The molecule has 1 saturated heterocycles. The van der Waals surface area contributed by atoms with Crippen molar-refractivity contribution in [3.63, 3.8) is 0 Å². The third kappa shape index (κ3) is 3.70. The van der Waals surface area contributed by atoms with Gasteiger partial charge in [0.1, 0.15) is 0 Å². The van der Waals surface area contributed by atoms with Crippen molar-refractivity contribution in [1.82, 2.24) is 10.6 Å². The van der Waals surface area contributed by atoms with E-state index >= 15 is 0 Å². The minimum absolute atomic E-state index is 0. The Morgan fingerprint density at radius 1 is 1.24 bits per heavy atom. The zero-order chi connectivity index (χ0) is 17.4. The Labute approximate surface area is 153 Å². The number of carbonyl (C=O) groups excluding carboxylic acids is 1. The highest BCUT2D eigenvalue weighted by molar-refractivity contribution is 7.92. The molecule has 1 aromatic rings. The number of fused-ring (bicyclic) bond motifs is 1. The lowest BCUT2D eigenvalue weighted by atomic mass is 9.95. The van der Waals surface area contributed by atoms with Crippen molar-refractivity contribution in [3.05, 3.63) is 23.8 Å². The quantitative estimate of drug-likeness (QED) is 0.801. The standard InChI is InChI=1S/C16H22N2O5S.ClH/c1-11(12-3-4-13-14(9-12)23-10-22-13)18-15(19)16(24(2,20)21)5-7-17-8-6-16;/h3-4,9,11,17H,5-8,10H2,1-2H3,(H,18,19);1H. The summed E-state index contributed by atoms with van der Waals surface area (Å²) in [4.78, 5) is 12.8. The average molecular weight is 391 g/mol. The van der Waals surface area contributed by atoms with Gasteiger partial charge in [-0.3, -0.25) is 4.79 Å². The first-order valence-electron chi connectivity index (χ1n) is 7.94. The fraction of sp³-hybridized carbons (Fsp3) is 0.562. The van der Waals surface area contributed by atoms with Crippen molar-refractivity contribution in [2.75, 3.05) is 26.1 Å². The van der Waals surface area contributed by atoms with E-state index in [1.54, 1.807) is 6.07 Å². The van der Waals surface area contributed by atoms with Crippen molar-refractivity contribution < 1.29 is 22.7 Å². The molecular weight excluding hydrogens is 368 g/mol. The maximum atomic E-state index is 12.8. The van der Waals surface area contributed by atoms with E-state index in [0.717, 1.165) is 11.8 Å². The van der Waals surface area contributed by atoms with Crippen LogP contribution < -0.4 is 20.1 Å². The van der Waals surface area contributed by atoms with Gasteiger partial charge in [-0.05, 0) is 50.6 Å². The zero-order valence-electron chi connectivity index (χ0n) is 14.2. The Bertz CT molecular complexity index is 747. The summed E-state index contributed by atoms with van der Waals surface area (Å²) in [5.41, 5.74) is 0.838. The fourth-order valence-corrected chi connectivity index (χ4v) is 4.53. The second kappa shape index (κ2) is 7.39. The number of nitrogens with one attached hydrogen (secondary N) is 2. The molecule has 140 valence electrons. The Balaban J connectivity index is 0.00000225. The molecule has 0 aromatic heterocycles. The maximum Gasteiger partial charge on any atom is 0.242 e. The summed E-state index contributed by atoms with van der Waals surface area (Å²) in [6.07, 6.45) is 1.71. The number of hydrogen-bond donors (Lipinski definition) is 2. The molecule has 1 atom stereocenters. The lowest BCUT2D eigenvalue weighted by Crippen LogP contribution is -2.57. The van der Waals surface area contributed by atoms with E-state index in [4.69, 9.17) is 9.47 Å². The predicted molar refractivity (Wildman–Crippen MR) is 96.0 cm³/mol. The maximum absolute atomic E-state index is 12.8. The normalized spacial score (nSPS) is 19.6. The molecule has 0 radical (unpaired) electrons. The first kappa shape index (κ1) is 19.8. The van der Waals surface area contributed by atoms with E-state index in [0.29, 0.717) is 24.6 Å². The molecule has 2 N–H and O–H groups in total. The highest BCUT2D eigenvalue weighted by Crippen LogP contribution is 2.35. The molecule has 25 heavy (non-hydrogen) atoms. The van der Waals surface area contributed by atoms with Gasteiger partial charge in [0.15, 0.2) is 26.1 Å². The number of benzene rings is 1. The number of ether oxygens (including phenoxy) is 2. The Kier molecular flexibility index (Phi) is 5.86.